The third-order valence-corrected chi connectivity index (χ3v) is 6.21. The summed E-state index contributed by atoms with van der Waals surface area (Å²) in [6.07, 6.45) is 3.79. The molecule has 1 saturated heterocycles. The molecular formula is C18H26N2O2. The minimum Gasteiger partial charge on any atom is -0.389 e. The minimum absolute atomic E-state index is 0.177. The Morgan fingerprint density at radius 3 is 2.27 bits per heavy atom. The molecule has 22 heavy (non-hydrogen) atoms. The number of piperazine rings is 1. The summed E-state index contributed by atoms with van der Waals surface area (Å²) in [6.45, 7) is 4.53. The average molecular weight is 302 g/mol. The smallest absolute Gasteiger partial charge is 0.112 e. The van der Waals surface area contributed by atoms with Crippen LogP contribution >= 0.6 is 0 Å². The standard InChI is InChI=1S/C18H26N2O2/c21-16-17(8-4-5-9-17)18(16,22)14-19-10-12-20(13-11-19)15-6-2-1-3-7-15/h1-3,6-7,16,21-22H,4-5,8-14H2. The van der Waals surface area contributed by atoms with Crippen LogP contribution in [0.5, 0.6) is 0 Å². The van der Waals surface area contributed by atoms with Gasteiger partial charge in [-0.1, -0.05) is 31.0 Å². The van der Waals surface area contributed by atoms with E-state index in [-0.39, 0.29) is 5.41 Å². The summed E-state index contributed by atoms with van der Waals surface area (Å²) in [5, 5.41) is 21.2. The van der Waals surface area contributed by atoms with E-state index in [1.807, 2.05) is 6.07 Å². The Labute approximate surface area is 132 Å². The quantitative estimate of drug-likeness (QED) is 0.888. The second kappa shape index (κ2) is 5.22. The molecule has 2 unspecified atom stereocenters. The van der Waals surface area contributed by atoms with Gasteiger partial charge in [-0.15, -0.1) is 0 Å². The lowest BCUT2D eigenvalue weighted by Crippen LogP contribution is -2.50. The van der Waals surface area contributed by atoms with Crippen molar-refractivity contribution in [2.24, 2.45) is 5.41 Å². The van der Waals surface area contributed by atoms with Crippen molar-refractivity contribution in [3.05, 3.63) is 30.3 Å². The first-order valence-corrected chi connectivity index (χ1v) is 8.59. The fourth-order valence-electron chi connectivity index (χ4n) is 4.72. The first-order valence-electron chi connectivity index (χ1n) is 8.59. The maximum absolute atomic E-state index is 10.9. The van der Waals surface area contributed by atoms with Crippen LogP contribution in [0.3, 0.4) is 0 Å². The summed E-state index contributed by atoms with van der Waals surface area (Å²) >= 11 is 0. The van der Waals surface area contributed by atoms with Gasteiger partial charge in [-0.3, -0.25) is 4.90 Å². The molecule has 1 spiro atoms. The van der Waals surface area contributed by atoms with Crippen LogP contribution in [0.1, 0.15) is 25.7 Å². The fraction of sp³-hybridized carbons (Fsp3) is 0.667. The monoisotopic (exact) mass is 302 g/mol. The van der Waals surface area contributed by atoms with Crippen molar-refractivity contribution in [2.45, 2.75) is 37.4 Å². The molecule has 4 heteroatoms. The number of aliphatic hydroxyl groups is 2. The van der Waals surface area contributed by atoms with E-state index < -0.39 is 11.7 Å². The van der Waals surface area contributed by atoms with Crippen molar-refractivity contribution in [2.75, 3.05) is 37.6 Å². The van der Waals surface area contributed by atoms with Crippen LogP contribution in [0.25, 0.3) is 0 Å². The number of nitrogens with zero attached hydrogens (tertiary/aromatic N) is 2. The van der Waals surface area contributed by atoms with Crippen LogP contribution in [-0.4, -0.2) is 59.5 Å². The summed E-state index contributed by atoms with van der Waals surface area (Å²) in [5.41, 5.74) is 0.252. The van der Waals surface area contributed by atoms with Crippen LogP contribution in [0.2, 0.25) is 0 Å². The van der Waals surface area contributed by atoms with E-state index in [9.17, 15) is 10.2 Å². The second-order valence-corrected chi connectivity index (χ2v) is 7.29. The lowest BCUT2D eigenvalue weighted by atomic mass is 9.99. The SMILES string of the molecule is OC1C(O)(CN2CCN(c3ccccc3)CC2)C12CCCC2. The van der Waals surface area contributed by atoms with E-state index >= 15 is 0 Å². The number of anilines is 1. The first kappa shape index (κ1) is 14.5. The molecule has 2 saturated carbocycles. The molecule has 1 aliphatic heterocycles. The van der Waals surface area contributed by atoms with Gasteiger partial charge in [0.1, 0.15) is 5.60 Å². The van der Waals surface area contributed by atoms with Gasteiger partial charge >= 0.3 is 0 Å². The number of aliphatic hydroxyl groups excluding tert-OH is 1. The van der Waals surface area contributed by atoms with Gasteiger partial charge in [0, 0.05) is 43.8 Å². The first-order chi connectivity index (χ1) is 10.7. The summed E-state index contributed by atoms with van der Waals surface area (Å²) in [5.74, 6) is 0. The molecule has 2 N–H and O–H groups in total. The van der Waals surface area contributed by atoms with Gasteiger partial charge in [0.2, 0.25) is 0 Å². The molecule has 4 nitrogen and oxygen atoms in total. The Morgan fingerprint density at radius 1 is 1.00 bits per heavy atom. The molecule has 3 aliphatic rings. The van der Waals surface area contributed by atoms with E-state index in [1.54, 1.807) is 0 Å². The largest absolute Gasteiger partial charge is 0.389 e. The zero-order valence-electron chi connectivity index (χ0n) is 13.1. The molecule has 120 valence electrons. The number of rotatable bonds is 3. The number of para-hydroxylation sites is 1. The van der Waals surface area contributed by atoms with Crippen LogP contribution in [0, 0.1) is 5.41 Å². The second-order valence-electron chi connectivity index (χ2n) is 7.29. The Hall–Kier alpha value is -1.10. The van der Waals surface area contributed by atoms with E-state index in [0.717, 1.165) is 51.9 Å². The minimum atomic E-state index is -0.849. The predicted molar refractivity (Wildman–Crippen MR) is 87.0 cm³/mol. The van der Waals surface area contributed by atoms with Crippen molar-refractivity contribution in [3.63, 3.8) is 0 Å². The Bertz CT molecular complexity index is 521. The van der Waals surface area contributed by atoms with E-state index in [0.29, 0.717) is 6.54 Å². The molecule has 1 aromatic rings. The lowest BCUT2D eigenvalue weighted by Gasteiger charge is -2.37. The van der Waals surface area contributed by atoms with Crippen molar-refractivity contribution >= 4 is 5.69 Å². The lowest BCUT2D eigenvalue weighted by molar-refractivity contribution is 0.0331. The number of β-amino-alcohol motifs (C(OH)–C–C–N with tert-alkyl or cyclic N) is 1. The maximum Gasteiger partial charge on any atom is 0.112 e. The molecule has 1 heterocycles. The van der Waals surface area contributed by atoms with Crippen molar-refractivity contribution in [1.82, 2.24) is 4.90 Å². The third-order valence-electron chi connectivity index (χ3n) is 6.21. The van der Waals surface area contributed by atoms with Gasteiger partial charge in [0.05, 0.1) is 6.10 Å². The molecular weight excluding hydrogens is 276 g/mol. The molecule has 2 aliphatic carbocycles. The van der Waals surface area contributed by atoms with Crippen molar-refractivity contribution in [1.29, 1.82) is 0 Å². The zero-order valence-corrected chi connectivity index (χ0v) is 13.1. The molecule has 0 radical (unpaired) electrons. The third kappa shape index (κ3) is 2.08. The summed E-state index contributed by atoms with van der Waals surface area (Å²) in [6, 6.07) is 10.5. The molecule has 1 aromatic carbocycles. The topological polar surface area (TPSA) is 46.9 Å². The highest BCUT2D eigenvalue weighted by Crippen LogP contribution is 2.65. The maximum atomic E-state index is 10.9. The number of hydrogen-bond donors (Lipinski definition) is 2. The predicted octanol–water partition coefficient (Wildman–Crippen LogP) is 1.47. The summed E-state index contributed by atoms with van der Waals surface area (Å²) in [7, 11) is 0. The Balaban J connectivity index is 1.35. The van der Waals surface area contributed by atoms with Gasteiger partial charge < -0.3 is 15.1 Å². The molecule has 2 atom stereocenters. The van der Waals surface area contributed by atoms with Crippen molar-refractivity contribution < 1.29 is 10.2 Å². The van der Waals surface area contributed by atoms with Gasteiger partial charge in [0.15, 0.2) is 0 Å². The molecule has 0 amide bonds. The Morgan fingerprint density at radius 2 is 1.64 bits per heavy atom. The van der Waals surface area contributed by atoms with Gasteiger partial charge in [0.25, 0.3) is 0 Å². The van der Waals surface area contributed by atoms with Crippen LogP contribution in [0.4, 0.5) is 5.69 Å². The average Bonchev–Trinajstić information content (AvgIpc) is 2.93. The number of hydrogen-bond acceptors (Lipinski definition) is 4. The molecule has 0 bridgehead atoms. The summed E-state index contributed by atoms with van der Waals surface area (Å²) < 4.78 is 0. The highest BCUT2D eigenvalue weighted by molar-refractivity contribution is 5.46. The highest BCUT2D eigenvalue weighted by Gasteiger charge is 2.76. The van der Waals surface area contributed by atoms with Crippen LogP contribution < -0.4 is 4.90 Å². The van der Waals surface area contributed by atoms with Gasteiger partial charge in [-0.25, -0.2) is 0 Å². The van der Waals surface area contributed by atoms with Gasteiger partial charge in [-0.2, -0.15) is 0 Å². The Kier molecular flexibility index (Phi) is 3.44. The fourth-order valence-corrected chi connectivity index (χ4v) is 4.72. The van der Waals surface area contributed by atoms with E-state index in [2.05, 4.69) is 34.1 Å². The van der Waals surface area contributed by atoms with E-state index in [1.165, 1.54) is 5.69 Å². The summed E-state index contributed by atoms with van der Waals surface area (Å²) in [4.78, 5) is 4.73. The van der Waals surface area contributed by atoms with E-state index in [4.69, 9.17) is 0 Å². The van der Waals surface area contributed by atoms with Crippen molar-refractivity contribution in [3.8, 4) is 0 Å². The van der Waals surface area contributed by atoms with Crippen LogP contribution in [0.15, 0.2) is 30.3 Å². The number of benzene rings is 1. The highest BCUT2D eigenvalue weighted by atomic mass is 16.4. The molecule has 4 rings (SSSR count). The van der Waals surface area contributed by atoms with Crippen LogP contribution in [-0.2, 0) is 0 Å². The molecule has 3 fully saturated rings. The van der Waals surface area contributed by atoms with Gasteiger partial charge in [-0.05, 0) is 25.0 Å². The normalized spacial score (nSPS) is 34.3. The molecule has 0 aromatic heterocycles. The zero-order chi connectivity index (χ0) is 15.2.